The van der Waals surface area contributed by atoms with Crippen LogP contribution in [0, 0.1) is 19.7 Å². The minimum atomic E-state index is -0.341. The molecule has 4 rings (SSSR count). The number of aryl methyl sites for hydroxylation is 4. The van der Waals surface area contributed by atoms with Crippen molar-refractivity contribution in [2.24, 2.45) is 0 Å². The highest BCUT2D eigenvalue weighted by Gasteiger charge is 2.11. The maximum atomic E-state index is 13.0. The third-order valence-electron chi connectivity index (χ3n) is 6.38. The Kier molecular flexibility index (Phi) is 8.71. The van der Waals surface area contributed by atoms with Crippen molar-refractivity contribution in [3.8, 4) is 5.75 Å². The van der Waals surface area contributed by atoms with E-state index in [2.05, 4.69) is 60.1 Å². The molecule has 0 spiro atoms. The summed E-state index contributed by atoms with van der Waals surface area (Å²) in [5, 5.41) is 2.91. The monoisotopic (exact) mass is 487 g/mol. The molecule has 0 radical (unpaired) electrons. The summed E-state index contributed by atoms with van der Waals surface area (Å²) < 4.78 is 21.5. The van der Waals surface area contributed by atoms with Gasteiger partial charge in [0.05, 0.1) is 17.6 Å². The highest BCUT2D eigenvalue weighted by molar-refractivity contribution is 5.94. The topological polar surface area (TPSA) is 56.1 Å². The summed E-state index contributed by atoms with van der Waals surface area (Å²) in [7, 11) is 0. The van der Waals surface area contributed by atoms with Crippen LogP contribution in [0.4, 0.5) is 4.39 Å². The molecule has 0 aliphatic rings. The van der Waals surface area contributed by atoms with Crippen LogP contribution in [0.15, 0.2) is 66.7 Å². The van der Waals surface area contributed by atoms with Crippen molar-refractivity contribution >= 4 is 16.9 Å². The number of hydrogen-bond donors (Lipinski definition) is 1. The van der Waals surface area contributed by atoms with Gasteiger partial charge in [0.15, 0.2) is 0 Å². The number of nitrogens with zero attached hydrogens (tertiary/aromatic N) is 2. The van der Waals surface area contributed by atoms with Crippen LogP contribution in [-0.4, -0.2) is 28.6 Å². The number of halogens is 1. The van der Waals surface area contributed by atoms with Crippen LogP contribution in [-0.2, 0) is 13.0 Å². The maximum Gasteiger partial charge on any atom is 0.251 e. The molecule has 0 fully saturated rings. The molecule has 3 aromatic carbocycles. The molecule has 0 saturated carbocycles. The van der Waals surface area contributed by atoms with E-state index in [1.165, 1.54) is 24.3 Å². The van der Waals surface area contributed by atoms with Gasteiger partial charge >= 0.3 is 0 Å². The first-order chi connectivity index (χ1) is 17.5. The van der Waals surface area contributed by atoms with Crippen LogP contribution in [0.5, 0.6) is 5.75 Å². The Labute approximate surface area is 212 Å². The molecule has 188 valence electrons. The number of hydrogen-bond acceptors (Lipinski definition) is 3. The lowest BCUT2D eigenvalue weighted by Crippen LogP contribution is -2.24. The molecule has 5 nitrogen and oxygen atoms in total. The number of ether oxygens (including phenoxy) is 1. The number of amides is 1. The number of unbranched alkanes of at least 4 members (excludes halogenated alkanes) is 2. The first-order valence-corrected chi connectivity index (χ1v) is 12.7. The van der Waals surface area contributed by atoms with Gasteiger partial charge in [0.1, 0.15) is 17.4 Å². The largest absolute Gasteiger partial charge is 0.493 e. The van der Waals surface area contributed by atoms with Gasteiger partial charge in [-0.15, -0.1) is 0 Å². The molecule has 4 aromatic rings. The first kappa shape index (κ1) is 25.4. The van der Waals surface area contributed by atoms with Crippen LogP contribution >= 0.6 is 0 Å². The maximum absolute atomic E-state index is 13.0. The second-order valence-electron chi connectivity index (χ2n) is 9.16. The van der Waals surface area contributed by atoms with E-state index >= 15 is 0 Å². The van der Waals surface area contributed by atoms with E-state index < -0.39 is 0 Å². The van der Waals surface area contributed by atoms with Crippen molar-refractivity contribution in [1.29, 1.82) is 0 Å². The summed E-state index contributed by atoms with van der Waals surface area (Å²) in [6.07, 6.45) is 4.66. The Morgan fingerprint density at radius 3 is 2.44 bits per heavy atom. The average Bonchev–Trinajstić information content (AvgIpc) is 3.23. The zero-order valence-electron chi connectivity index (χ0n) is 21.1. The molecule has 1 heterocycles. The Morgan fingerprint density at radius 1 is 0.917 bits per heavy atom. The molecule has 1 N–H and O–H groups in total. The SMILES string of the molecule is Cc1cccc(C)c1OCCCn1c(CCCCCNC(=O)c2ccc(F)cc2)nc2ccccc21. The molecule has 6 heteroatoms. The standard InChI is InChI=1S/C30H34FN3O2/c1-22-10-8-11-23(2)29(22)36-21-9-20-34-27-13-6-5-12-26(27)33-28(34)14-4-3-7-19-32-30(35)24-15-17-25(31)18-16-24/h5-6,8,10-13,15-18H,3-4,7,9,14,19-21H2,1-2H3,(H,32,35). The molecule has 0 unspecified atom stereocenters. The summed E-state index contributed by atoms with van der Waals surface area (Å²) >= 11 is 0. The zero-order chi connectivity index (χ0) is 25.3. The van der Waals surface area contributed by atoms with E-state index in [9.17, 15) is 9.18 Å². The molecule has 36 heavy (non-hydrogen) atoms. The molecule has 0 aliphatic carbocycles. The van der Waals surface area contributed by atoms with Gasteiger partial charge < -0.3 is 14.6 Å². The second kappa shape index (κ2) is 12.3. The summed E-state index contributed by atoms with van der Waals surface area (Å²) in [5.41, 5.74) is 4.99. The van der Waals surface area contributed by atoms with Crippen molar-refractivity contribution < 1.29 is 13.9 Å². The fraction of sp³-hybridized carbons (Fsp3) is 0.333. The number of para-hydroxylation sites is 3. The van der Waals surface area contributed by atoms with Crippen molar-refractivity contribution in [3.05, 3.63) is 95.1 Å². The minimum absolute atomic E-state index is 0.167. The number of aromatic nitrogens is 2. The quantitative estimate of drug-likeness (QED) is 0.235. The number of carbonyl (C=O) groups is 1. The first-order valence-electron chi connectivity index (χ1n) is 12.7. The molecule has 0 bridgehead atoms. The lowest BCUT2D eigenvalue weighted by atomic mass is 10.1. The fourth-order valence-electron chi connectivity index (χ4n) is 4.48. The highest BCUT2D eigenvalue weighted by Crippen LogP contribution is 2.23. The Morgan fingerprint density at radius 2 is 1.67 bits per heavy atom. The van der Waals surface area contributed by atoms with Gasteiger partial charge in [-0.25, -0.2) is 9.37 Å². The molecular formula is C30H34FN3O2. The van der Waals surface area contributed by atoms with E-state index in [0.29, 0.717) is 18.7 Å². The van der Waals surface area contributed by atoms with E-state index in [-0.39, 0.29) is 11.7 Å². The second-order valence-corrected chi connectivity index (χ2v) is 9.16. The Balaban J connectivity index is 1.26. The predicted octanol–water partition coefficient (Wildman–Crippen LogP) is 6.40. The third kappa shape index (κ3) is 6.51. The summed E-state index contributed by atoms with van der Waals surface area (Å²) in [6, 6.07) is 20.1. The molecule has 0 atom stereocenters. The smallest absolute Gasteiger partial charge is 0.251 e. The van der Waals surface area contributed by atoms with E-state index in [4.69, 9.17) is 9.72 Å². The normalized spacial score (nSPS) is 11.1. The zero-order valence-corrected chi connectivity index (χ0v) is 21.1. The predicted molar refractivity (Wildman–Crippen MR) is 142 cm³/mol. The summed E-state index contributed by atoms with van der Waals surface area (Å²) in [4.78, 5) is 17.0. The van der Waals surface area contributed by atoms with Crippen LogP contribution in [0.1, 0.15) is 53.0 Å². The van der Waals surface area contributed by atoms with Crippen LogP contribution < -0.4 is 10.1 Å². The van der Waals surface area contributed by atoms with Gasteiger partial charge in [0.25, 0.3) is 5.91 Å². The number of benzene rings is 3. The van der Waals surface area contributed by atoms with Gasteiger partial charge in [0.2, 0.25) is 0 Å². The summed E-state index contributed by atoms with van der Waals surface area (Å²) in [5.74, 6) is 1.57. The minimum Gasteiger partial charge on any atom is -0.493 e. The Bertz CT molecular complexity index is 1280. The number of imidazole rings is 1. The number of nitrogens with one attached hydrogen (secondary N) is 1. The van der Waals surface area contributed by atoms with Crippen LogP contribution in [0.2, 0.25) is 0 Å². The molecule has 0 saturated heterocycles. The van der Waals surface area contributed by atoms with Crippen molar-refractivity contribution in [1.82, 2.24) is 14.9 Å². The van der Waals surface area contributed by atoms with Crippen molar-refractivity contribution in [3.63, 3.8) is 0 Å². The van der Waals surface area contributed by atoms with E-state index in [0.717, 1.165) is 72.4 Å². The average molecular weight is 488 g/mol. The highest BCUT2D eigenvalue weighted by atomic mass is 19.1. The van der Waals surface area contributed by atoms with E-state index in [1.54, 1.807) is 0 Å². The number of rotatable bonds is 12. The third-order valence-corrected chi connectivity index (χ3v) is 6.38. The molecule has 1 aromatic heterocycles. The van der Waals surface area contributed by atoms with Gasteiger partial charge in [-0.05, 0) is 80.6 Å². The summed E-state index contributed by atoms with van der Waals surface area (Å²) in [6.45, 7) is 6.28. The van der Waals surface area contributed by atoms with Gasteiger partial charge in [-0.2, -0.15) is 0 Å². The van der Waals surface area contributed by atoms with Crippen LogP contribution in [0.3, 0.4) is 0 Å². The van der Waals surface area contributed by atoms with E-state index in [1.807, 2.05) is 6.07 Å². The van der Waals surface area contributed by atoms with Crippen molar-refractivity contribution in [2.45, 2.75) is 52.5 Å². The molecule has 0 aliphatic heterocycles. The Hall–Kier alpha value is -3.67. The lowest BCUT2D eigenvalue weighted by Gasteiger charge is -2.13. The van der Waals surface area contributed by atoms with Gasteiger partial charge in [-0.3, -0.25) is 4.79 Å². The van der Waals surface area contributed by atoms with Crippen molar-refractivity contribution in [2.75, 3.05) is 13.2 Å². The molecular weight excluding hydrogens is 453 g/mol. The number of fused-ring (bicyclic) bond motifs is 1. The lowest BCUT2D eigenvalue weighted by molar-refractivity contribution is 0.0953. The number of carbonyl (C=O) groups excluding carboxylic acids is 1. The van der Waals surface area contributed by atoms with Gasteiger partial charge in [0, 0.05) is 25.1 Å². The van der Waals surface area contributed by atoms with Gasteiger partial charge in [-0.1, -0.05) is 36.8 Å². The van der Waals surface area contributed by atoms with Crippen LogP contribution in [0.25, 0.3) is 11.0 Å². The molecule has 1 amide bonds. The fourth-order valence-corrected chi connectivity index (χ4v) is 4.48.